The van der Waals surface area contributed by atoms with Crippen molar-refractivity contribution in [2.45, 2.75) is 55.5 Å². The number of nitrogens with one attached hydrogen (secondary N) is 1. The van der Waals surface area contributed by atoms with E-state index in [1.807, 2.05) is 73.9 Å². The number of thioether (sulfide) groups is 1. The number of anilines is 4. The summed E-state index contributed by atoms with van der Waals surface area (Å²) in [5, 5.41) is 17.7. The summed E-state index contributed by atoms with van der Waals surface area (Å²) in [7, 11) is -5.09. The van der Waals surface area contributed by atoms with Crippen molar-refractivity contribution >= 4 is 75.2 Å². The average Bonchev–Trinajstić information content (AvgIpc) is 3.71. The number of benzene rings is 5. The van der Waals surface area contributed by atoms with Gasteiger partial charge in [-0.05, 0) is 124 Å². The fraction of sp³-hybridized carbons (Fsp3) is 0.370. The van der Waals surface area contributed by atoms with E-state index < -0.39 is 24.0 Å². The molecule has 3 saturated heterocycles. The van der Waals surface area contributed by atoms with E-state index in [-0.39, 0.29) is 27.6 Å². The smallest absolute Gasteiger partial charge is 0.293 e. The molecule has 5 aromatic carbocycles. The number of ether oxygens (including phenoxy) is 1. The van der Waals surface area contributed by atoms with Crippen LogP contribution in [-0.2, 0) is 19.1 Å². The quantitative estimate of drug-likeness (QED) is 0.0404. The number of aromatic nitrogens is 1. The number of rotatable bonds is 17. The van der Waals surface area contributed by atoms with Crippen LogP contribution in [0, 0.1) is 22.9 Å². The third-order valence-electron chi connectivity index (χ3n) is 13.5. The maximum atomic E-state index is 15.8. The molecule has 3 fully saturated rings. The molecule has 1 aromatic heterocycles. The molecular weight excluding hydrogens is 992 g/mol. The molecule has 0 saturated carbocycles. The Morgan fingerprint density at radius 1 is 0.819 bits per heavy atom. The minimum absolute atomic E-state index is 0.00334. The van der Waals surface area contributed by atoms with Gasteiger partial charge in [-0.2, -0.15) is 0 Å². The number of halogens is 2. The highest BCUT2D eigenvalue weighted by Crippen LogP contribution is 2.48. The van der Waals surface area contributed by atoms with Crippen LogP contribution in [0.5, 0.6) is 0 Å². The second kappa shape index (κ2) is 22.9. The van der Waals surface area contributed by atoms with Gasteiger partial charge in [-0.15, -0.1) is 11.8 Å². The first kappa shape index (κ1) is 51.7. The first-order valence-electron chi connectivity index (χ1n) is 24.6. The zero-order valence-electron chi connectivity index (χ0n) is 41.2. The first-order chi connectivity index (χ1) is 34.7. The number of nitro benzene ring substituents is 1. The molecule has 2 atom stereocenters. The van der Waals surface area contributed by atoms with Crippen molar-refractivity contribution in [2.24, 2.45) is 0 Å². The summed E-state index contributed by atoms with van der Waals surface area (Å²) in [5.74, 6) is 0.311. The Morgan fingerprint density at radius 3 is 2.17 bits per heavy atom. The molecule has 1 N–H and O–H groups in total. The molecule has 0 amide bonds. The van der Waals surface area contributed by atoms with Crippen LogP contribution in [0.4, 0.5) is 32.8 Å². The van der Waals surface area contributed by atoms with Crippen LogP contribution in [-0.4, -0.2) is 113 Å². The molecule has 6 aromatic rings. The van der Waals surface area contributed by atoms with Crippen LogP contribution >= 0.6 is 31.7 Å². The van der Waals surface area contributed by atoms with Crippen LogP contribution in [0.1, 0.15) is 38.4 Å². The Bertz CT molecular complexity index is 2960. The van der Waals surface area contributed by atoms with Gasteiger partial charge in [0.15, 0.2) is 18.1 Å². The van der Waals surface area contributed by atoms with Gasteiger partial charge in [0.25, 0.3) is 5.69 Å². The third kappa shape index (κ3) is 11.9. The topological polar surface area (TPSA) is 126 Å². The number of piperazine rings is 1. The Kier molecular flexibility index (Phi) is 16.5. The van der Waals surface area contributed by atoms with Crippen molar-refractivity contribution in [3.63, 3.8) is 0 Å². The summed E-state index contributed by atoms with van der Waals surface area (Å²) < 4.78 is 59.2. The van der Waals surface area contributed by atoms with Crippen LogP contribution in [0.3, 0.4) is 0 Å². The van der Waals surface area contributed by atoms with E-state index >= 15 is 4.39 Å². The molecule has 3 aliphatic heterocycles. The normalized spacial score (nSPS) is 17.4. The lowest BCUT2D eigenvalue weighted by molar-refractivity contribution is -0.383. The Balaban J connectivity index is 0.899. The number of nitrogens with zero attached hydrogens (tertiary/aromatic N) is 6. The zero-order chi connectivity index (χ0) is 50.5. The van der Waals surface area contributed by atoms with E-state index in [1.54, 1.807) is 30.0 Å². The summed E-state index contributed by atoms with van der Waals surface area (Å²) in [5.41, 5.74) is 6.33. The molecule has 0 spiro atoms. The van der Waals surface area contributed by atoms with E-state index in [0.29, 0.717) is 71.7 Å². The average molecular weight is 1050 g/mol. The summed E-state index contributed by atoms with van der Waals surface area (Å²) in [4.78, 5) is 20.7. The molecule has 380 valence electrons. The highest BCUT2D eigenvalue weighted by molar-refractivity contribution is 7.99. The lowest BCUT2D eigenvalue weighted by Crippen LogP contribution is -2.46. The number of nitro groups is 1. The Morgan fingerprint density at radius 2 is 1.50 bits per heavy atom. The molecule has 0 aliphatic carbocycles. The monoisotopic (exact) mass is 1050 g/mol. The number of morpholine rings is 1. The molecular formula is C54H62ClFN7O6PS2. The van der Waals surface area contributed by atoms with Gasteiger partial charge in [-0.3, -0.25) is 15.0 Å². The van der Waals surface area contributed by atoms with Gasteiger partial charge in [0, 0.05) is 126 Å². The summed E-state index contributed by atoms with van der Waals surface area (Å²) in [6.45, 7) is 13.8. The summed E-state index contributed by atoms with van der Waals surface area (Å²) in [6, 6.07) is 36.3. The van der Waals surface area contributed by atoms with E-state index in [2.05, 4.69) is 61.1 Å². The van der Waals surface area contributed by atoms with Gasteiger partial charge in [0.05, 0.1) is 35.3 Å². The largest absolute Gasteiger partial charge is 0.379 e. The van der Waals surface area contributed by atoms with E-state index in [4.69, 9.17) is 20.9 Å². The lowest BCUT2D eigenvalue weighted by Gasteiger charge is -2.38. The predicted octanol–water partition coefficient (Wildman–Crippen LogP) is 11.3. The van der Waals surface area contributed by atoms with E-state index in [9.17, 15) is 18.5 Å². The number of sulfone groups is 1. The van der Waals surface area contributed by atoms with Crippen molar-refractivity contribution in [3.05, 3.63) is 142 Å². The molecule has 18 heteroatoms. The maximum Gasteiger partial charge on any atom is 0.293 e. The highest BCUT2D eigenvalue weighted by Gasteiger charge is 2.32. The number of hydrogen-bond donors (Lipinski definition) is 1. The van der Waals surface area contributed by atoms with Crippen LogP contribution in [0.15, 0.2) is 125 Å². The van der Waals surface area contributed by atoms with Gasteiger partial charge in [0.2, 0.25) is 0 Å². The molecule has 13 nitrogen and oxygen atoms in total. The van der Waals surface area contributed by atoms with Gasteiger partial charge < -0.3 is 33.6 Å². The van der Waals surface area contributed by atoms with Gasteiger partial charge in [0.1, 0.15) is 11.5 Å². The molecule has 2 unspecified atom stereocenters. The molecule has 9 rings (SSSR count). The van der Waals surface area contributed by atoms with E-state index in [1.165, 1.54) is 18.4 Å². The van der Waals surface area contributed by atoms with E-state index in [0.717, 1.165) is 85.1 Å². The molecule has 72 heavy (non-hydrogen) atoms. The maximum absolute atomic E-state index is 15.8. The van der Waals surface area contributed by atoms with Crippen LogP contribution in [0.25, 0.3) is 22.4 Å². The fourth-order valence-electron chi connectivity index (χ4n) is 10.1. The van der Waals surface area contributed by atoms with Crippen LogP contribution < -0.4 is 25.1 Å². The highest BCUT2D eigenvalue weighted by atomic mass is 35.5. The second-order valence-electron chi connectivity index (χ2n) is 18.8. The summed E-state index contributed by atoms with van der Waals surface area (Å²) >= 11 is 8.04. The Labute approximate surface area is 433 Å². The first-order valence-corrected chi connectivity index (χ1v) is 29.0. The lowest BCUT2D eigenvalue weighted by atomic mass is 9.99. The van der Waals surface area contributed by atoms with Crippen molar-refractivity contribution in [3.8, 4) is 22.4 Å². The minimum atomic E-state index is -3.73. The van der Waals surface area contributed by atoms with Gasteiger partial charge in [-0.1, -0.05) is 41.9 Å². The van der Waals surface area contributed by atoms with Gasteiger partial charge in [-0.25, -0.2) is 12.8 Å². The summed E-state index contributed by atoms with van der Waals surface area (Å²) in [6.07, 6.45) is 2.87. The predicted molar refractivity (Wildman–Crippen MR) is 293 cm³/mol. The zero-order valence-corrected chi connectivity index (χ0v) is 44.5. The molecule has 3 aliphatic rings. The van der Waals surface area contributed by atoms with Crippen molar-refractivity contribution in [1.82, 2.24) is 9.47 Å². The van der Waals surface area contributed by atoms with Crippen molar-refractivity contribution in [2.75, 3.05) is 104 Å². The minimum Gasteiger partial charge on any atom is -0.379 e. The van der Waals surface area contributed by atoms with Crippen LogP contribution in [0.2, 0.25) is 5.02 Å². The fourth-order valence-corrected chi connectivity index (χ4v) is 14.4. The molecule has 4 heterocycles. The number of hydrogen-bond acceptors (Lipinski definition) is 12. The third-order valence-corrected chi connectivity index (χ3v) is 18.2. The van der Waals surface area contributed by atoms with Gasteiger partial charge >= 0.3 is 0 Å². The standard InChI is InChI=1S/C54H62ClFN7O6PS2/c1-38(2)62-39(3)54(72(4,66)67)52(53(62)40-11-13-42(55)14-12-40)41-33-43(56)35-47(34-41)60-26-24-59(25-27-60)45-15-17-46(18-16-45)61-22-8-30-69-70(61)48-19-20-50(51(36-48)63(64)65)57-44(21-23-58-28-31-68-32-29-58)37-71-49-9-6-5-7-10-49/h5-7,9-20,33-36,38,44,57H,8,21-32,37H2,1-4H3. The van der Waals surface area contributed by atoms with Crippen molar-refractivity contribution in [1.29, 1.82) is 0 Å². The SMILES string of the molecule is Cc1c(S(C)(=O)=O)c(-c2cc(F)cc(N3CCN(c4ccc(N5CCCOP5c5ccc(NC(CCN6CCOCC6)CSc6ccccc6)c([N+](=O)[O-])c5)cc4)CC3)c2)c(-c2ccc(Cl)cc2)n1C(C)C. The molecule has 0 bridgehead atoms. The van der Waals surface area contributed by atoms with Crippen molar-refractivity contribution < 1.29 is 27.0 Å². The Hall–Kier alpha value is -5.19. The molecule has 0 radical (unpaired) electrons. The second-order valence-corrected chi connectivity index (χ2v) is 24.1.